The van der Waals surface area contributed by atoms with Gasteiger partial charge < -0.3 is 20.3 Å². The first-order valence-electron chi connectivity index (χ1n) is 8.17. The molecule has 25 heavy (non-hydrogen) atoms. The molecule has 1 unspecified atom stereocenters. The van der Waals surface area contributed by atoms with Gasteiger partial charge in [-0.2, -0.15) is 0 Å². The van der Waals surface area contributed by atoms with Crippen molar-refractivity contribution in [3.8, 4) is 5.75 Å². The average Bonchev–Trinajstić information content (AvgIpc) is 2.95. The largest absolute Gasteiger partial charge is 0.497 e. The van der Waals surface area contributed by atoms with Crippen LogP contribution in [0.3, 0.4) is 0 Å². The van der Waals surface area contributed by atoms with Gasteiger partial charge in [0.15, 0.2) is 0 Å². The molecule has 0 aliphatic carbocycles. The van der Waals surface area contributed by atoms with Crippen LogP contribution in [-0.2, 0) is 9.59 Å². The molecule has 1 aromatic carbocycles. The molecule has 1 aliphatic rings. The third-order valence-electron chi connectivity index (χ3n) is 4.45. The van der Waals surface area contributed by atoms with Crippen molar-refractivity contribution in [3.63, 3.8) is 0 Å². The molecule has 0 saturated carbocycles. The summed E-state index contributed by atoms with van der Waals surface area (Å²) in [7, 11) is 3.38. The average molecular weight is 370 g/mol. The number of amides is 2. The maximum Gasteiger partial charge on any atom is 0.227 e. The zero-order valence-corrected chi connectivity index (χ0v) is 16.1. The van der Waals surface area contributed by atoms with Crippen LogP contribution in [0.4, 0.5) is 5.69 Å². The Bertz CT molecular complexity index is 604. The maximum absolute atomic E-state index is 12.6. The van der Waals surface area contributed by atoms with Crippen LogP contribution in [-0.4, -0.2) is 50.5 Å². The Morgan fingerprint density at radius 2 is 1.96 bits per heavy atom. The normalized spacial score (nSPS) is 17.2. The Morgan fingerprint density at radius 1 is 1.36 bits per heavy atom. The number of methoxy groups -OCH3 is 1. The predicted molar refractivity (Wildman–Crippen MR) is 101 cm³/mol. The molecule has 0 radical (unpaired) electrons. The minimum Gasteiger partial charge on any atom is -0.497 e. The van der Waals surface area contributed by atoms with Crippen molar-refractivity contribution >= 4 is 29.9 Å². The minimum atomic E-state index is -0.307. The first kappa shape index (κ1) is 21.3. The molecule has 1 aromatic rings. The zero-order valence-electron chi connectivity index (χ0n) is 15.3. The summed E-state index contributed by atoms with van der Waals surface area (Å²) >= 11 is 0. The highest BCUT2D eigenvalue weighted by Crippen LogP contribution is 2.28. The van der Waals surface area contributed by atoms with Crippen molar-refractivity contribution in [2.24, 2.45) is 17.1 Å². The summed E-state index contributed by atoms with van der Waals surface area (Å²) in [6.07, 6.45) is 0.248. The number of anilines is 1. The van der Waals surface area contributed by atoms with Crippen LogP contribution in [0.5, 0.6) is 5.75 Å². The van der Waals surface area contributed by atoms with Gasteiger partial charge in [-0.25, -0.2) is 0 Å². The van der Waals surface area contributed by atoms with Gasteiger partial charge in [0.1, 0.15) is 5.75 Å². The lowest BCUT2D eigenvalue weighted by Gasteiger charge is -2.30. The van der Waals surface area contributed by atoms with Gasteiger partial charge in [0.2, 0.25) is 11.8 Å². The molecule has 1 heterocycles. The molecule has 2 rings (SSSR count). The summed E-state index contributed by atoms with van der Waals surface area (Å²) in [5, 5.41) is 0. The fourth-order valence-corrected chi connectivity index (χ4v) is 2.98. The Labute approximate surface area is 155 Å². The van der Waals surface area contributed by atoms with Gasteiger partial charge >= 0.3 is 0 Å². The van der Waals surface area contributed by atoms with Crippen LogP contribution in [0.1, 0.15) is 20.3 Å². The van der Waals surface area contributed by atoms with Gasteiger partial charge in [0.25, 0.3) is 0 Å². The fourth-order valence-electron chi connectivity index (χ4n) is 2.98. The fraction of sp³-hybridized carbons (Fsp3) is 0.556. The van der Waals surface area contributed by atoms with Gasteiger partial charge in [0, 0.05) is 32.2 Å². The number of nitrogens with zero attached hydrogens (tertiary/aromatic N) is 2. The van der Waals surface area contributed by atoms with Crippen LogP contribution in [0.2, 0.25) is 0 Å². The molecule has 2 amide bonds. The highest BCUT2D eigenvalue weighted by molar-refractivity contribution is 6.00. The first-order valence-corrected chi connectivity index (χ1v) is 8.17. The van der Waals surface area contributed by atoms with Gasteiger partial charge in [-0.3, -0.25) is 9.59 Å². The van der Waals surface area contributed by atoms with E-state index in [1.54, 1.807) is 24.0 Å². The molecule has 0 aromatic heterocycles. The van der Waals surface area contributed by atoms with Crippen LogP contribution < -0.4 is 15.4 Å². The van der Waals surface area contributed by atoms with Crippen molar-refractivity contribution in [2.75, 3.05) is 38.7 Å². The number of rotatable bonds is 6. The molecule has 6 nitrogen and oxygen atoms in total. The zero-order chi connectivity index (χ0) is 17.9. The third kappa shape index (κ3) is 5.09. The molecule has 0 bridgehead atoms. The summed E-state index contributed by atoms with van der Waals surface area (Å²) in [6.45, 7) is 5.56. The van der Waals surface area contributed by atoms with E-state index in [9.17, 15) is 9.59 Å². The van der Waals surface area contributed by atoms with Crippen molar-refractivity contribution < 1.29 is 14.3 Å². The van der Waals surface area contributed by atoms with E-state index < -0.39 is 0 Å². The van der Waals surface area contributed by atoms with Crippen LogP contribution in [0.25, 0.3) is 0 Å². The van der Waals surface area contributed by atoms with Gasteiger partial charge in [0.05, 0.1) is 13.0 Å². The second-order valence-electron chi connectivity index (χ2n) is 7.17. The summed E-state index contributed by atoms with van der Waals surface area (Å²) < 4.78 is 5.13. The number of carbonyl (C=O) groups excluding carboxylic acids is 2. The van der Waals surface area contributed by atoms with E-state index in [1.165, 1.54) is 0 Å². The van der Waals surface area contributed by atoms with E-state index in [-0.39, 0.29) is 42.0 Å². The lowest BCUT2D eigenvalue weighted by atomic mass is 9.92. The van der Waals surface area contributed by atoms with E-state index >= 15 is 0 Å². The van der Waals surface area contributed by atoms with E-state index in [1.807, 2.05) is 38.1 Å². The second kappa shape index (κ2) is 8.54. The van der Waals surface area contributed by atoms with Crippen molar-refractivity contribution in [1.82, 2.24) is 4.90 Å². The molecule has 1 fully saturated rings. The lowest BCUT2D eigenvalue weighted by molar-refractivity contribution is -0.135. The van der Waals surface area contributed by atoms with Gasteiger partial charge in [-0.15, -0.1) is 12.4 Å². The summed E-state index contributed by atoms with van der Waals surface area (Å²) in [5.41, 5.74) is 6.40. The minimum absolute atomic E-state index is 0. The van der Waals surface area contributed by atoms with Crippen molar-refractivity contribution in [2.45, 2.75) is 20.3 Å². The number of hydrogen-bond donors (Lipinski definition) is 1. The number of nitrogens with two attached hydrogens (primary N) is 1. The SMILES string of the molecule is COc1ccc(N2CC(C(=O)N(C)CC(C)(C)CN)CC2=O)cc1.Cl. The number of halogens is 1. The molecule has 1 saturated heterocycles. The van der Waals surface area contributed by atoms with Crippen molar-refractivity contribution in [1.29, 1.82) is 0 Å². The highest BCUT2D eigenvalue weighted by Gasteiger charge is 2.37. The smallest absolute Gasteiger partial charge is 0.227 e. The predicted octanol–water partition coefficient (Wildman–Crippen LogP) is 1.91. The maximum atomic E-state index is 12.6. The number of ether oxygens (including phenoxy) is 1. The topological polar surface area (TPSA) is 75.9 Å². The Kier molecular flexibility index (Phi) is 7.26. The molecular formula is C18H28ClN3O3. The number of benzene rings is 1. The van der Waals surface area contributed by atoms with E-state index in [2.05, 4.69) is 0 Å². The number of carbonyl (C=O) groups is 2. The molecule has 2 N–H and O–H groups in total. The van der Waals surface area contributed by atoms with Crippen molar-refractivity contribution in [3.05, 3.63) is 24.3 Å². The quantitative estimate of drug-likeness (QED) is 0.831. The monoisotopic (exact) mass is 369 g/mol. The number of hydrogen-bond acceptors (Lipinski definition) is 4. The molecular weight excluding hydrogens is 342 g/mol. The lowest BCUT2D eigenvalue weighted by Crippen LogP contribution is -2.42. The molecule has 1 aliphatic heterocycles. The van der Waals surface area contributed by atoms with Crippen LogP contribution in [0, 0.1) is 11.3 Å². The van der Waals surface area contributed by atoms with Crippen LogP contribution >= 0.6 is 12.4 Å². The summed E-state index contributed by atoms with van der Waals surface area (Å²) in [5.74, 6) is 0.408. The molecule has 7 heteroatoms. The second-order valence-corrected chi connectivity index (χ2v) is 7.17. The molecule has 1 atom stereocenters. The molecule has 140 valence electrons. The van der Waals surface area contributed by atoms with E-state index in [4.69, 9.17) is 10.5 Å². The first-order chi connectivity index (χ1) is 11.3. The summed E-state index contributed by atoms with van der Waals surface area (Å²) in [6, 6.07) is 7.30. The Morgan fingerprint density at radius 3 is 2.48 bits per heavy atom. The molecule has 0 spiro atoms. The standard InChI is InChI=1S/C18H27N3O3.ClH/c1-18(2,11-19)12-20(3)17(23)13-9-16(22)21(10-13)14-5-7-15(24-4)8-6-14;/h5-8,13H,9-12,19H2,1-4H3;1H. The Balaban J connectivity index is 0.00000312. The third-order valence-corrected chi connectivity index (χ3v) is 4.45. The van der Waals surface area contributed by atoms with Gasteiger partial charge in [-0.05, 0) is 36.2 Å². The van der Waals surface area contributed by atoms with E-state index in [0.29, 0.717) is 19.6 Å². The summed E-state index contributed by atoms with van der Waals surface area (Å²) in [4.78, 5) is 28.3. The highest BCUT2D eigenvalue weighted by atomic mass is 35.5. The van der Waals surface area contributed by atoms with Crippen LogP contribution in [0.15, 0.2) is 24.3 Å². The van der Waals surface area contributed by atoms with Gasteiger partial charge in [-0.1, -0.05) is 13.8 Å². The van der Waals surface area contributed by atoms with E-state index in [0.717, 1.165) is 11.4 Å². The Hall–Kier alpha value is -1.79.